The summed E-state index contributed by atoms with van der Waals surface area (Å²) in [7, 11) is 0. The number of hydrogen-bond acceptors (Lipinski definition) is 5. The van der Waals surface area contributed by atoms with Gasteiger partial charge >= 0.3 is 6.18 Å². The maximum absolute atomic E-state index is 14.5. The molecule has 11 heteroatoms. The van der Waals surface area contributed by atoms with E-state index in [4.69, 9.17) is 4.11 Å². The van der Waals surface area contributed by atoms with Crippen LogP contribution in [0.25, 0.3) is 5.65 Å². The molecule has 1 atom stereocenters. The molecule has 0 bridgehead atoms. The van der Waals surface area contributed by atoms with Crippen LogP contribution < -0.4 is 4.90 Å². The number of imidazole rings is 1. The highest BCUT2D eigenvalue weighted by atomic mass is 19.4. The first-order valence-corrected chi connectivity index (χ1v) is 14.4. The van der Waals surface area contributed by atoms with E-state index < -0.39 is 30.0 Å². The molecule has 42 heavy (non-hydrogen) atoms. The Morgan fingerprint density at radius 3 is 2.74 bits per heavy atom. The Labute approximate surface area is 246 Å². The molecule has 1 saturated heterocycles. The van der Waals surface area contributed by atoms with Gasteiger partial charge in [0.05, 0.1) is 23.2 Å². The maximum atomic E-state index is 14.5. The molecule has 1 amide bonds. The van der Waals surface area contributed by atoms with Gasteiger partial charge in [-0.3, -0.25) is 9.69 Å². The number of pyridine rings is 1. The van der Waals surface area contributed by atoms with Crippen molar-refractivity contribution in [2.45, 2.75) is 64.2 Å². The summed E-state index contributed by atoms with van der Waals surface area (Å²) in [6.07, 6.45) is 4.94. The van der Waals surface area contributed by atoms with E-state index in [1.54, 1.807) is 28.9 Å². The van der Waals surface area contributed by atoms with E-state index >= 15 is 0 Å². The third-order valence-electron chi connectivity index (χ3n) is 9.24. The summed E-state index contributed by atoms with van der Waals surface area (Å²) < 4.78 is 70.5. The Kier molecular flexibility index (Phi) is 5.47. The van der Waals surface area contributed by atoms with Crippen molar-refractivity contribution in [1.29, 1.82) is 0 Å². The molecule has 8 nitrogen and oxygen atoms in total. The number of alkyl halides is 3. The van der Waals surface area contributed by atoms with Gasteiger partial charge in [-0.05, 0) is 79.0 Å². The van der Waals surface area contributed by atoms with Gasteiger partial charge in [0.25, 0.3) is 5.91 Å². The van der Waals surface area contributed by atoms with Crippen molar-refractivity contribution in [1.82, 2.24) is 29.0 Å². The van der Waals surface area contributed by atoms with E-state index in [0.29, 0.717) is 47.8 Å². The number of benzene rings is 1. The van der Waals surface area contributed by atoms with Gasteiger partial charge in [-0.1, -0.05) is 13.8 Å². The number of nitrogens with zero attached hydrogens (tertiary/aromatic N) is 7. The number of hydrogen-bond donors (Lipinski definition) is 0. The van der Waals surface area contributed by atoms with Crippen molar-refractivity contribution >= 4 is 17.2 Å². The fraction of sp³-hybridized carbons (Fsp3) is 0.484. The molecule has 1 aromatic carbocycles. The van der Waals surface area contributed by atoms with E-state index in [2.05, 4.69) is 33.9 Å². The molecular formula is C31H34F3N7O. The molecule has 5 heterocycles. The quantitative estimate of drug-likeness (QED) is 0.308. The van der Waals surface area contributed by atoms with E-state index in [-0.39, 0.29) is 29.4 Å². The predicted octanol–water partition coefficient (Wildman–Crippen LogP) is 5.59. The highest BCUT2D eigenvalue weighted by molar-refractivity contribution is 6.12. The molecule has 0 spiro atoms. The van der Waals surface area contributed by atoms with Gasteiger partial charge in [0.1, 0.15) is 12.2 Å². The second kappa shape index (κ2) is 9.65. The Balaban J connectivity index is 1.32. The zero-order valence-corrected chi connectivity index (χ0v) is 23.5. The normalized spacial score (nSPS) is 26.2. The highest BCUT2D eigenvalue weighted by Crippen LogP contribution is 2.52. The minimum atomic E-state index is -4.64. The minimum Gasteiger partial charge on any atom is -0.320 e. The predicted molar refractivity (Wildman–Crippen MR) is 151 cm³/mol. The molecule has 220 valence electrons. The SMILES string of the molecule is [2H]C([2H])([2H])n1cnnc1C1(c2cc(N3Cc4c(cc(CN5CCC[C@H](C)C5)cc4C(F)(F)F)C3=O)c3nccn3c2)CC(C)C1. The van der Waals surface area contributed by atoms with Crippen LogP contribution in [0.1, 0.15) is 82.1 Å². The zero-order chi connectivity index (χ0) is 31.9. The molecule has 0 radical (unpaired) electrons. The second-order valence-electron chi connectivity index (χ2n) is 12.4. The smallest absolute Gasteiger partial charge is 0.320 e. The molecule has 3 aliphatic rings. The Morgan fingerprint density at radius 1 is 1.17 bits per heavy atom. The molecule has 0 N–H and O–H groups in total. The van der Waals surface area contributed by atoms with Crippen LogP contribution in [0.4, 0.5) is 18.9 Å². The lowest BCUT2D eigenvalue weighted by molar-refractivity contribution is -0.138. The van der Waals surface area contributed by atoms with Gasteiger partial charge in [-0.2, -0.15) is 13.2 Å². The molecule has 4 aromatic rings. The number of carbonyl (C=O) groups excluding carboxylic acids is 1. The Hall–Kier alpha value is -3.73. The average molecular weight is 581 g/mol. The van der Waals surface area contributed by atoms with Crippen molar-refractivity contribution in [2.24, 2.45) is 18.8 Å². The first-order valence-electron chi connectivity index (χ1n) is 15.9. The molecule has 1 aliphatic carbocycles. The Bertz CT molecular complexity index is 1790. The molecule has 2 aliphatic heterocycles. The van der Waals surface area contributed by atoms with Crippen molar-refractivity contribution < 1.29 is 22.1 Å². The number of aryl methyl sites for hydroxylation is 1. The van der Waals surface area contributed by atoms with Crippen LogP contribution in [0.15, 0.2) is 43.1 Å². The van der Waals surface area contributed by atoms with Crippen molar-refractivity contribution in [3.8, 4) is 0 Å². The number of halogens is 3. The lowest BCUT2D eigenvalue weighted by Crippen LogP contribution is -2.43. The van der Waals surface area contributed by atoms with Gasteiger partial charge in [0.2, 0.25) is 0 Å². The number of anilines is 1. The van der Waals surface area contributed by atoms with E-state index in [1.165, 1.54) is 17.3 Å². The van der Waals surface area contributed by atoms with Crippen LogP contribution in [0.3, 0.4) is 0 Å². The van der Waals surface area contributed by atoms with Crippen LogP contribution in [0.2, 0.25) is 0 Å². The van der Waals surface area contributed by atoms with Crippen LogP contribution in [-0.2, 0) is 31.7 Å². The fourth-order valence-electron chi connectivity index (χ4n) is 7.41. The second-order valence-corrected chi connectivity index (χ2v) is 12.4. The largest absolute Gasteiger partial charge is 0.416 e. The van der Waals surface area contributed by atoms with Crippen LogP contribution in [0.5, 0.6) is 0 Å². The average Bonchev–Trinajstić information content (AvgIpc) is 3.69. The molecule has 1 saturated carbocycles. The van der Waals surface area contributed by atoms with E-state index in [1.807, 2.05) is 6.20 Å². The molecule has 0 unspecified atom stereocenters. The molecule has 3 aromatic heterocycles. The third kappa shape index (κ3) is 4.31. The monoisotopic (exact) mass is 580 g/mol. The summed E-state index contributed by atoms with van der Waals surface area (Å²) in [4.78, 5) is 22.0. The van der Waals surface area contributed by atoms with Crippen LogP contribution in [-0.4, -0.2) is 48.0 Å². The fourth-order valence-corrected chi connectivity index (χ4v) is 7.41. The first kappa shape index (κ1) is 23.8. The minimum absolute atomic E-state index is 0.0486. The number of aromatic nitrogens is 5. The van der Waals surface area contributed by atoms with Crippen LogP contribution in [0, 0.1) is 11.8 Å². The summed E-state index contributed by atoms with van der Waals surface area (Å²) in [5.74, 6) is 0.500. The standard InChI is InChI=1S/C31H34F3N7O/c1-19-5-4-7-39(14-19)15-21-9-23-24(25(10-21)31(32,33)34)17-41(28(23)42)26-11-22(16-40-8-6-35-27(26)40)30(12-20(2)13-30)29-37-36-18-38(29)3/h6,8-11,16,18-20H,4-5,7,12-15,17H2,1-3H3/t19-,20?,30?/m0/s1/i3D3. The van der Waals surface area contributed by atoms with Gasteiger partial charge in [0, 0.05) is 48.3 Å². The number of fused-ring (bicyclic) bond motifs is 2. The van der Waals surface area contributed by atoms with E-state index in [9.17, 15) is 18.0 Å². The first-order chi connectivity index (χ1) is 21.2. The number of piperidine rings is 1. The third-order valence-corrected chi connectivity index (χ3v) is 9.24. The van der Waals surface area contributed by atoms with Crippen LogP contribution >= 0.6 is 0 Å². The number of amides is 1. The number of carbonyl (C=O) groups is 1. The topological polar surface area (TPSA) is 71.6 Å². The summed E-state index contributed by atoms with van der Waals surface area (Å²) in [5, 5.41) is 8.17. The summed E-state index contributed by atoms with van der Waals surface area (Å²) >= 11 is 0. The van der Waals surface area contributed by atoms with E-state index in [0.717, 1.165) is 30.5 Å². The van der Waals surface area contributed by atoms with Gasteiger partial charge in [0.15, 0.2) is 5.65 Å². The summed E-state index contributed by atoms with van der Waals surface area (Å²) in [5.41, 5.74) is 0.329. The van der Waals surface area contributed by atoms with Gasteiger partial charge in [-0.15, -0.1) is 10.2 Å². The number of likely N-dealkylation sites (tertiary alicyclic amines) is 1. The molecule has 7 rings (SSSR count). The lowest BCUT2D eigenvalue weighted by atomic mass is 9.59. The van der Waals surface area contributed by atoms with Crippen molar-refractivity contribution in [3.05, 3.63) is 76.8 Å². The molecular weight excluding hydrogens is 543 g/mol. The Morgan fingerprint density at radius 2 is 2.00 bits per heavy atom. The van der Waals surface area contributed by atoms with Crippen molar-refractivity contribution in [2.75, 3.05) is 18.0 Å². The summed E-state index contributed by atoms with van der Waals surface area (Å²) in [6, 6.07) is 4.58. The molecule has 2 fully saturated rings. The van der Waals surface area contributed by atoms with Crippen molar-refractivity contribution in [3.63, 3.8) is 0 Å². The highest BCUT2D eigenvalue weighted by Gasteiger charge is 2.49. The van der Waals surface area contributed by atoms with Gasteiger partial charge in [-0.25, -0.2) is 4.98 Å². The number of rotatable bonds is 5. The van der Waals surface area contributed by atoms with Gasteiger partial charge < -0.3 is 13.9 Å². The zero-order valence-electron chi connectivity index (χ0n) is 26.5. The summed E-state index contributed by atoms with van der Waals surface area (Å²) in [6.45, 7) is 3.40. The maximum Gasteiger partial charge on any atom is 0.416 e. The lowest BCUT2D eigenvalue weighted by Gasteiger charge is -2.46.